The van der Waals surface area contributed by atoms with Gasteiger partial charge >= 0.3 is 0 Å². The van der Waals surface area contributed by atoms with Crippen molar-refractivity contribution in [1.82, 2.24) is 15.6 Å². The molecule has 164 valence electrons. The van der Waals surface area contributed by atoms with Gasteiger partial charge in [-0.1, -0.05) is 30.3 Å². The first-order valence-corrected chi connectivity index (χ1v) is 11.6. The van der Waals surface area contributed by atoms with Crippen molar-refractivity contribution in [1.29, 1.82) is 0 Å². The third-order valence-corrected chi connectivity index (χ3v) is 6.79. The lowest BCUT2D eigenvalue weighted by molar-refractivity contribution is -0.122. The van der Waals surface area contributed by atoms with Crippen LogP contribution in [0.15, 0.2) is 66.2 Å². The molecule has 3 N–H and O–H groups in total. The number of H-pyrrole nitrogens is 1. The zero-order valence-corrected chi connectivity index (χ0v) is 18.6. The van der Waals surface area contributed by atoms with Gasteiger partial charge in [-0.15, -0.1) is 11.3 Å². The number of ether oxygens (including phenoxy) is 2. The average molecular weight is 448 g/mol. The summed E-state index contributed by atoms with van der Waals surface area (Å²) in [5.74, 6) is 1.59. The second kappa shape index (κ2) is 9.06. The Morgan fingerprint density at radius 3 is 2.88 bits per heavy atom. The van der Waals surface area contributed by atoms with Gasteiger partial charge in [0.2, 0.25) is 12.7 Å². The first-order valence-electron chi connectivity index (χ1n) is 10.7. The Balaban J connectivity index is 1.23. The number of hydrogen-bond donors (Lipinski definition) is 3. The van der Waals surface area contributed by atoms with E-state index in [4.69, 9.17) is 9.47 Å². The maximum absolute atomic E-state index is 12.7. The summed E-state index contributed by atoms with van der Waals surface area (Å²) in [4.78, 5) is 17.4. The summed E-state index contributed by atoms with van der Waals surface area (Å²) in [6.07, 6.45) is 2.08. The van der Waals surface area contributed by atoms with Crippen LogP contribution < -0.4 is 20.1 Å². The molecule has 1 aliphatic heterocycles. The molecule has 5 rings (SSSR count). The first kappa shape index (κ1) is 20.6. The number of amides is 1. The molecule has 1 amide bonds. The highest BCUT2D eigenvalue weighted by Crippen LogP contribution is 2.33. The SMILES string of the molecule is CC(NCC(c1cccs1)c1c[nH]c2ccccc12)C(=O)NCc1ccc2c(c1)OCO2. The predicted molar refractivity (Wildman–Crippen MR) is 126 cm³/mol. The number of rotatable bonds is 8. The number of aromatic nitrogens is 1. The summed E-state index contributed by atoms with van der Waals surface area (Å²) < 4.78 is 10.7. The molecule has 2 aromatic heterocycles. The van der Waals surface area contributed by atoms with E-state index in [1.807, 2.05) is 31.2 Å². The highest BCUT2D eigenvalue weighted by Gasteiger charge is 2.21. The summed E-state index contributed by atoms with van der Waals surface area (Å²) in [5, 5.41) is 9.76. The summed E-state index contributed by atoms with van der Waals surface area (Å²) >= 11 is 1.74. The van der Waals surface area contributed by atoms with Crippen LogP contribution in [0.2, 0.25) is 0 Å². The van der Waals surface area contributed by atoms with E-state index in [9.17, 15) is 4.79 Å². The van der Waals surface area contributed by atoms with Crippen molar-refractivity contribution in [2.24, 2.45) is 0 Å². The smallest absolute Gasteiger partial charge is 0.237 e. The van der Waals surface area contributed by atoms with E-state index in [-0.39, 0.29) is 24.7 Å². The molecule has 2 unspecified atom stereocenters. The molecule has 6 nitrogen and oxygen atoms in total. The van der Waals surface area contributed by atoms with Crippen LogP contribution in [-0.4, -0.2) is 30.3 Å². The summed E-state index contributed by atoms with van der Waals surface area (Å²) in [6.45, 7) is 3.25. The minimum absolute atomic E-state index is 0.0356. The van der Waals surface area contributed by atoms with Crippen LogP contribution in [-0.2, 0) is 11.3 Å². The van der Waals surface area contributed by atoms with E-state index >= 15 is 0 Å². The van der Waals surface area contributed by atoms with Gasteiger partial charge in [0.15, 0.2) is 11.5 Å². The Hall–Kier alpha value is -3.29. The van der Waals surface area contributed by atoms with Gasteiger partial charge < -0.3 is 25.1 Å². The maximum Gasteiger partial charge on any atom is 0.237 e. The van der Waals surface area contributed by atoms with Gasteiger partial charge in [0, 0.05) is 41.0 Å². The molecule has 1 aliphatic rings. The number of carbonyl (C=O) groups excluding carboxylic acids is 1. The first-order chi connectivity index (χ1) is 15.7. The summed E-state index contributed by atoms with van der Waals surface area (Å²) in [5.41, 5.74) is 3.34. The van der Waals surface area contributed by atoms with Crippen molar-refractivity contribution in [2.45, 2.75) is 25.4 Å². The molecule has 0 bridgehead atoms. The molecule has 2 atom stereocenters. The monoisotopic (exact) mass is 447 g/mol. The van der Waals surface area contributed by atoms with Crippen molar-refractivity contribution < 1.29 is 14.3 Å². The van der Waals surface area contributed by atoms with Crippen LogP contribution in [0.5, 0.6) is 11.5 Å². The van der Waals surface area contributed by atoms with Crippen LogP contribution >= 0.6 is 11.3 Å². The molecule has 2 aromatic carbocycles. The fourth-order valence-corrected chi connectivity index (χ4v) is 4.86. The van der Waals surface area contributed by atoms with E-state index in [1.165, 1.54) is 15.8 Å². The Morgan fingerprint density at radius 1 is 1.12 bits per heavy atom. The maximum atomic E-state index is 12.7. The van der Waals surface area contributed by atoms with E-state index < -0.39 is 0 Å². The van der Waals surface area contributed by atoms with Crippen LogP contribution in [0.4, 0.5) is 0 Å². The van der Waals surface area contributed by atoms with Crippen molar-refractivity contribution in [3.63, 3.8) is 0 Å². The number of carbonyl (C=O) groups is 1. The quantitative estimate of drug-likeness (QED) is 0.375. The molecule has 0 fully saturated rings. The average Bonchev–Trinajstić information content (AvgIpc) is 3.58. The second-order valence-corrected chi connectivity index (χ2v) is 8.87. The summed E-state index contributed by atoms with van der Waals surface area (Å²) in [6, 6.07) is 18.0. The van der Waals surface area contributed by atoms with Crippen molar-refractivity contribution in [3.05, 3.63) is 82.2 Å². The highest BCUT2D eigenvalue weighted by molar-refractivity contribution is 7.10. The molecule has 0 aliphatic carbocycles. The molecule has 7 heteroatoms. The highest BCUT2D eigenvalue weighted by atomic mass is 32.1. The number of para-hydroxylation sites is 1. The minimum atomic E-state index is -0.323. The van der Waals surface area contributed by atoms with Crippen LogP contribution in [0.3, 0.4) is 0 Å². The number of nitrogens with one attached hydrogen (secondary N) is 3. The van der Waals surface area contributed by atoms with Gasteiger partial charge in [-0.2, -0.15) is 0 Å². The lowest BCUT2D eigenvalue weighted by atomic mass is 9.96. The summed E-state index contributed by atoms with van der Waals surface area (Å²) in [7, 11) is 0. The third-order valence-electron chi connectivity index (χ3n) is 5.81. The van der Waals surface area contributed by atoms with Crippen molar-refractivity contribution >= 4 is 28.1 Å². The Kier molecular flexibility index (Phi) is 5.83. The molecule has 0 saturated carbocycles. The molecule has 0 saturated heterocycles. The molecular formula is C25H25N3O3S. The molecule has 32 heavy (non-hydrogen) atoms. The predicted octanol–water partition coefficient (Wildman–Crippen LogP) is 4.38. The van der Waals surface area contributed by atoms with Gasteiger partial charge in [-0.3, -0.25) is 4.79 Å². The zero-order chi connectivity index (χ0) is 21.9. The largest absolute Gasteiger partial charge is 0.454 e. The number of benzene rings is 2. The second-order valence-electron chi connectivity index (χ2n) is 7.89. The van der Waals surface area contributed by atoms with Gasteiger partial charge in [-0.05, 0) is 47.7 Å². The van der Waals surface area contributed by atoms with Gasteiger partial charge in [-0.25, -0.2) is 0 Å². The van der Waals surface area contributed by atoms with Crippen LogP contribution in [0.25, 0.3) is 10.9 Å². The van der Waals surface area contributed by atoms with Crippen molar-refractivity contribution in [2.75, 3.05) is 13.3 Å². The Labute approximate surface area is 190 Å². The standard InChI is InChI=1S/C25H25N3O3S/c1-16(25(29)28-12-17-8-9-22-23(11-17)31-15-30-22)26-14-20(24-7-4-10-32-24)19-13-27-21-6-3-2-5-18(19)21/h2-11,13,16,20,26-27H,12,14-15H2,1H3,(H,28,29). The third kappa shape index (κ3) is 4.22. The fourth-order valence-electron chi connectivity index (χ4n) is 4.02. The molecule has 4 aromatic rings. The van der Waals surface area contributed by atoms with Crippen LogP contribution in [0, 0.1) is 0 Å². The number of aromatic amines is 1. The van der Waals surface area contributed by atoms with Crippen LogP contribution in [0.1, 0.15) is 28.8 Å². The number of hydrogen-bond acceptors (Lipinski definition) is 5. The van der Waals surface area contributed by atoms with E-state index in [0.29, 0.717) is 13.1 Å². The molecule has 0 spiro atoms. The lowest BCUT2D eigenvalue weighted by Gasteiger charge is -2.20. The molecule has 3 heterocycles. The number of fused-ring (bicyclic) bond motifs is 2. The normalized spacial score (nSPS) is 14.4. The zero-order valence-electron chi connectivity index (χ0n) is 17.8. The number of thiophene rings is 1. The van der Waals surface area contributed by atoms with Gasteiger partial charge in [0.25, 0.3) is 0 Å². The topological polar surface area (TPSA) is 75.4 Å². The van der Waals surface area contributed by atoms with E-state index in [2.05, 4.69) is 57.5 Å². The minimum Gasteiger partial charge on any atom is -0.454 e. The van der Waals surface area contributed by atoms with Gasteiger partial charge in [0.1, 0.15) is 0 Å². The molecular weight excluding hydrogens is 422 g/mol. The Bertz CT molecular complexity index is 1220. The van der Waals surface area contributed by atoms with E-state index in [1.54, 1.807) is 11.3 Å². The van der Waals surface area contributed by atoms with Gasteiger partial charge in [0.05, 0.1) is 6.04 Å². The fraction of sp³-hybridized carbons (Fsp3) is 0.240. The van der Waals surface area contributed by atoms with E-state index in [0.717, 1.165) is 22.6 Å². The molecule has 0 radical (unpaired) electrons. The lowest BCUT2D eigenvalue weighted by Crippen LogP contribution is -2.43. The Morgan fingerprint density at radius 2 is 2.00 bits per heavy atom. The van der Waals surface area contributed by atoms with Crippen molar-refractivity contribution in [3.8, 4) is 11.5 Å².